The maximum Gasteiger partial charge on any atom is 0.267 e. The van der Waals surface area contributed by atoms with Crippen molar-refractivity contribution in [2.45, 2.75) is 17.7 Å². The van der Waals surface area contributed by atoms with Crippen LogP contribution < -0.4 is 10.9 Å². The highest BCUT2D eigenvalue weighted by atomic mass is 32.2. The number of morpholine rings is 1. The zero-order valence-electron chi connectivity index (χ0n) is 15.0. The summed E-state index contributed by atoms with van der Waals surface area (Å²) >= 11 is 1.54. The first-order valence-electron chi connectivity index (χ1n) is 9.11. The average Bonchev–Trinajstić information content (AvgIpc) is 3.19. The number of ether oxygens (including phenoxy) is 1. The van der Waals surface area contributed by atoms with Crippen molar-refractivity contribution in [2.24, 2.45) is 0 Å². The number of thioether (sulfide) groups is 1. The number of hydrogen-bond donors (Lipinski definition) is 1. The van der Waals surface area contributed by atoms with Crippen molar-refractivity contribution in [3.63, 3.8) is 0 Å². The fraction of sp³-hybridized carbons (Fsp3) is 0.421. The summed E-state index contributed by atoms with van der Waals surface area (Å²) in [7, 11) is 0. The minimum Gasteiger partial charge on any atom is -0.379 e. The molecule has 1 fully saturated rings. The van der Waals surface area contributed by atoms with Gasteiger partial charge in [-0.1, -0.05) is 42.1 Å². The Morgan fingerprint density at radius 2 is 2.00 bits per heavy atom. The lowest BCUT2D eigenvalue weighted by molar-refractivity contribution is 0.0332. The molecule has 2 aliphatic heterocycles. The van der Waals surface area contributed by atoms with Gasteiger partial charge in [0.15, 0.2) is 5.16 Å². The van der Waals surface area contributed by atoms with Crippen LogP contribution in [0.1, 0.15) is 22.0 Å². The molecule has 1 atom stereocenters. The number of nitrogens with one attached hydrogen (secondary N) is 1. The summed E-state index contributed by atoms with van der Waals surface area (Å²) in [5.74, 6) is 0.443. The first kappa shape index (κ1) is 18.2. The van der Waals surface area contributed by atoms with E-state index in [2.05, 4.69) is 15.2 Å². The molecule has 3 heterocycles. The van der Waals surface area contributed by atoms with Crippen molar-refractivity contribution in [1.29, 1.82) is 0 Å². The lowest BCUT2D eigenvalue weighted by Gasteiger charge is -2.31. The molecule has 2 aromatic rings. The van der Waals surface area contributed by atoms with E-state index in [9.17, 15) is 9.59 Å². The Balaban J connectivity index is 1.56. The number of fused-ring (bicyclic) bond motifs is 1. The van der Waals surface area contributed by atoms with E-state index in [1.54, 1.807) is 4.57 Å². The number of carbonyl (C=O) groups excluding carboxylic acids is 1. The third kappa shape index (κ3) is 4.07. The topological polar surface area (TPSA) is 76.5 Å². The smallest absolute Gasteiger partial charge is 0.267 e. The van der Waals surface area contributed by atoms with Gasteiger partial charge in [0.2, 0.25) is 0 Å². The van der Waals surface area contributed by atoms with Crippen molar-refractivity contribution in [1.82, 2.24) is 19.8 Å². The van der Waals surface area contributed by atoms with Crippen LogP contribution in [0.5, 0.6) is 0 Å². The summed E-state index contributed by atoms with van der Waals surface area (Å²) in [6.07, 6.45) is 1.40. The van der Waals surface area contributed by atoms with Crippen molar-refractivity contribution < 1.29 is 9.53 Å². The van der Waals surface area contributed by atoms with Crippen LogP contribution >= 0.6 is 11.8 Å². The molecule has 1 aromatic carbocycles. The first-order valence-corrected chi connectivity index (χ1v) is 10.1. The summed E-state index contributed by atoms with van der Waals surface area (Å²) in [4.78, 5) is 32.1. The van der Waals surface area contributed by atoms with E-state index >= 15 is 0 Å². The van der Waals surface area contributed by atoms with E-state index in [1.807, 2.05) is 30.3 Å². The molecule has 4 rings (SSSR count). The number of aromatic nitrogens is 2. The Kier molecular flexibility index (Phi) is 5.56. The van der Waals surface area contributed by atoms with E-state index in [-0.39, 0.29) is 23.1 Å². The maximum absolute atomic E-state index is 12.9. The molecule has 0 bridgehead atoms. The molecule has 0 radical (unpaired) electrons. The Morgan fingerprint density at radius 1 is 1.22 bits per heavy atom. The lowest BCUT2D eigenvalue weighted by Crippen LogP contribution is -2.44. The maximum atomic E-state index is 12.9. The van der Waals surface area contributed by atoms with Gasteiger partial charge in [-0.25, -0.2) is 4.98 Å². The van der Waals surface area contributed by atoms with Gasteiger partial charge in [0, 0.05) is 38.1 Å². The van der Waals surface area contributed by atoms with Gasteiger partial charge in [-0.15, -0.1) is 0 Å². The molecule has 0 saturated carbocycles. The molecule has 7 nitrogen and oxygen atoms in total. The second kappa shape index (κ2) is 8.24. The fourth-order valence-electron chi connectivity index (χ4n) is 3.37. The van der Waals surface area contributed by atoms with E-state index < -0.39 is 0 Å². The predicted molar refractivity (Wildman–Crippen MR) is 103 cm³/mol. The molecular formula is C19H22N4O3S. The van der Waals surface area contributed by atoms with Crippen LogP contribution in [-0.4, -0.2) is 59.0 Å². The van der Waals surface area contributed by atoms with Gasteiger partial charge in [-0.3, -0.25) is 19.1 Å². The van der Waals surface area contributed by atoms with Gasteiger partial charge in [-0.2, -0.15) is 0 Å². The van der Waals surface area contributed by atoms with Crippen molar-refractivity contribution in [3.05, 3.63) is 58.0 Å². The van der Waals surface area contributed by atoms with Gasteiger partial charge >= 0.3 is 0 Å². The SMILES string of the molecule is O=C(NC(CN1CCOCC1)c1ccccc1)c1cnc2n(c1=O)CCS2. The number of benzene rings is 1. The summed E-state index contributed by atoms with van der Waals surface area (Å²) in [6, 6.07) is 9.65. The second-order valence-corrected chi connectivity index (χ2v) is 7.67. The zero-order valence-corrected chi connectivity index (χ0v) is 15.8. The molecule has 27 heavy (non-hydrogen) atoms. The quantitative estimate of drug-likeness (QED) is 0.777. The van der Waals surface area contributed by atoms with Gasteiger partial charge in [0.1, 0.15) is 5.56 Å². The molecule has 1 saturated heterocycles. The third-order valence-electron chi connectivity index (χ3n) is 4.85. The Hall–Kier alpha value is -2.16. The average molecular weight is 386 g/mol. The monoisotopic (exact) mass is 386 g/mol. The van der Waals surface area contributed by atoms with Crippen LogP contribution in [0.4, 0.5) is 0 Å². The highest BCUT2D eigenvalue weighted by Gasteiger charge is 2.24. The van der Waals surface area contributed by atoms with E-state index in [0.717, 1.165) is 24.4 Å². The second-order valence-electron chi connectivity index (χ2n) is 6.61. The normalized spacial score (nSPS) is 18.1. The molecule has 8 heteroatoms. The van der Waals surface area contributed by atoms with Gasteiger partial charge in [0.25, 0.3) is 11.5 Å². The van der Waals surface area contributed by atoms with Crippen molar-refractivity contribution in [2.75, 3.05) is 38.6 Å². The summed E-state index contributed by atoms with van der Waals surface area (Å²) in [6.45, 7) is 4.34. The first-order chi connectivity index (χ1) is 13.2. The van der Waals surface area contributed by atoms with E-state index in [1.165, 1.54) is 18.0 Å². The largest absolute Gasteiger partial charge is 0.379 e. The van der Waals surface area contributed by atoms with Crippen LogP contribution in [0, 0.1) is 0 Å². The fourth-order valence-corrected chi connectivity index (χ4v) is 4.28. The Morgan fingerprint density at radius 3 is 2.78 bits per heavy atom. The Bertz CT molecular complexity index is 865. The number of hydrogen-bond acceptors (Lipinski definition) is 6. The molecular weight excluding hydrogens is 364 g/mol. The van der Waals surface area contributed by atoms with Crippen LogP contribution in [0.15, 0.2) is 46.5 Å². The van der Waals surface area contributed by atoms with Crippen molar-refractivity contribution >= 4 is 17.7 Å². The van der Waals surface area contributed by atoms with Crippen LogP contribution in [0.2, 0.25) is 0 Å². The molecule has 142 valence electrons. The molecule has 1 aromatic heterocycles. The van der Waals surface area contributed by atoms with Crippen LogP contribution in [0.3, 0.4) is 0 Å². The van der Waals surface area contributed by atoms with Gasteiger partial charge in [0.05, 0.1) is 19.3 Å². The third-order valence-corrected chi connectivity index (χ3v) is 5.82. The van der Waals surface area contributed by atoms with E-state index in [4.69, 9.17) is 4.74 Å². The number of rotatable bonds is 5. The molecule has 0 aliphatic carbocycles. The molecule has 0 spiro atoms. The highest BCUT2D eigenvalue weighted by molar-refractivity contribution is 7.99. The number of carbonyl (C=O) groups is 1. The summed E-state index contributed by atoms with van der Waals surface area (Å²) < 4.78 is 6.99. The van der Waals surface area contributed by atoms with Crippen LogP contribution in [-0.2, 0) is 11.3 Å². The summed E-state index contributed by atoms with van der Waals surface area (Å²) in [5.41, 5.74) is 0.854. The molecule has 1 amide bonds. The van der Waals surface area contributed by atoms with Crippen LogP contribution in [0.25, 0.3) is 0 Å². The highest BCUT2D eigenvalue weighted by Crippen LogP contribution is 2.21. The van der Waals surface area contributed by atoms with Crippen molar-refractivity contribution in [3.8, 4) is 0 Å². The minimum absolute atomic E-state index is 0.101. The molecule has 2 aliphatic rings. The summed E-state index contributed by atoms with van der Waals surface area (Å²) in [5, 5.41) is 3.73. The Labute approximate surface area is 161 Å². The van der Waals surface area contributed by atoms with Gasteiger partial charge in [-0.05, 0) is 5.56 Å². The predicted octanol–water partition coefficient (Wildman–Crippen LogP) is 1.15. The number of nitrogens with zero attached hydrogens (tertiary/aromatic N) is 3. The molecule has 1 N–H and O–H groups in total. The minimum atomic E-state index is -0.373. The standard InChI is InChI=1S/C19H22N4O3S/c24-17(15-12-20-19-23(18(15)25)8-11-27-19)21-16(14-4-2-1-3-5-14)13-22-6-9-26-10-7-22/h1-5,12,16H,6-11,13H2,(H,21,24). The van der Waals surface area contributed by atoms with E-state index in [0.29, 0.717) is 31.5 Å². The lowest BCUT2D eigenvalue weighted by atomic mass is 10.1. The zero-order chi connectivity index (χ0) is 18.6. The molecule has 1 unspecified atom stereocenters. The number of amides is 1. The van der Waals surface area contributed by atoms with Gasteiger partial charge < -0.3 is 10.1 Å².